The van der Waals surface area contributed by atoms with E-state index in [0.29, 0.717) is 0 Å². The van der Waals surface area contributed by atoms with Crippen LogP contribution in [0.5, 0.6) is 0 Å². The van der Waals surface area contributed by atoms with Crippen LogP contribution in [0.25, 0.3) is 0 Å². The molecule has 4 aromatic carbocycles. The van der Waals surface area contributed by atoms with Gasteiger partial charge in [-0.15, -0.1) is 0 Å². The lowest BCUT2D eigenvalue weighted by Crippen LogP contribution is -2.51. The molecular formula is C44H36O2P2. The molecule has 0 fully saturated rings. The van der Waals surface area contributed by atoms with Gasteiger partial charge in [0.05, 0.1) is 0 Å². The molecule has 4 aliphatic rings. The second-order valence-electron chi connectivity index (χ2n) is 12.4. The summed E-state index contributed by atoms with van der Waals surface area (Å²) >= 11 is 0. The Bertz CT molecular complexity index is 1830. The molecule has 0 amide bonds. The first kappa shape index (κ1) is 30.9. The monoisotopic (exact) mass is 658 g/mol. The molecular weight excluding hydrogens is 622 g/mol. The smallest absolute Gasteiger partial charge is 0.127 e. The average molecular weight is 659 g/mol. The van der Waals surface area contributed by atoms with Crippen LogP contribution in [0, 0.1) is 11.8 Å². The maximum absolute atomic E-state index is 13.9. The summed E-state index contributed by atoms with van der Waals surface area (Å²) in [7, 11) is -2.77. The van der Waals surface area contributed by atoms with Crippen LogP contribution in [0.3, 0.4) is 0 Å². The van der Waals surface area contributed by atoms with Gasteiger partial charge in [-0.1, -0.05) is 194 Å². The summed E-state index contributed by atoms with van der Waals surface area (Å²) in [6.07, 6.45) is 25.2. The average Bonchev–Trinajstić information content (AvgIpc) is 3.14. The molecule has 4 aromatic rings. The van der Waals surface area contributed by atoms with E-state index < -0.39 is 26.5 Å². The van der Waals surface area contributed by atoms with Crippen molar-refractivity contribution >= 4 is 37.1 Å². The second-order valence-corrected chi connectivity index (χ2v) is 17.2. The van der Waals surface area contributed by atoms with Crippen LogP contribution in [0.15, 0.2) is 217 Å². The van der Waals surface area contributed by atoms with E-state index in [9.17, 15) is 10.2 Å². The molecule has 4 atom stereocenters. The van der Waals surface area contributed by atoms with Crippen molar-refractivity contribution in [3.63, 3.8) is 0 Å². The number of fused-ring (bicyclic) bond motifs is 2. The zero-order valence-corrected chi connectivity index (χ0v) is 28.2. The van der Waals surface area contributed by atoms with Gasteiger partial charge in [-0.05, 0) is 59.4 Å². The minimum atomic E-state index is -1.38. The summed E-state index contributed by atoms with van der Waals surface area (Å²) in [5, 5.41) is 29.4. The van der Waals surface area contributed by atoms with E-state index in [1.54, 1.807) is 0 Å². The molecule has 0 saturated heterocycles. The van der Waals surface area contributed by atoms with Crippen LogP contribution >= 0.6 is 15.8 Å². The van der Waals surface area contributed by atoms with Crippen LogP contribution in [0.2, 0.25) is 0 Å². The fraction of sp³-hybridized carbons (Fsp3) is 0.0909. The van der Waals surface area contributed by atoms with Gasteiger partial charge in [0.1, 0.15) is 10.7 Å². The van der Waals surface area contributed by atoms with Gasteiger partial charge >= 0.3 is 0 Å². The van der Waals surface area contributed by atoms with Gasteiger partial charge in [-0.2, -0.15) is 0 Å². The normalized spacial score (nSPS) is 25.6. The van der Waals surface area contributed by atoms with Gasteiger partial charge in [-0.3, -0.25) is 0 Å². The molecule has 0 spiro atoms. The van der Waals surface area contributed by atoms with Gasteiger partial charge in [0, 0.05) is 11.8 Å². The standard InChI is InChI=1S/C44H36O2P2/c45-43(47(35-19-5-1-6-20-35)36-21-7-2-8-22-36)39-27-15-13-17-33(39)29-31-41(43)42-32-30-34-18-14-16-28-40(34)44(42,46)48(37-23-9-3-10-24-37)38-25-11-4-12-26-38/h1-32,39-40,45-46H. The molecule has 4 unspecified atom stereocenters. The summed E-state index contributed by atoms with van der Waals surface area (Å²) in [5.74, 6) is -0.628. The van der Waals surface area contributed by atoms with Crippen molar-refractivity contribution in [3.05, 3.63) is 217 Å². The van der Waals surface area contributed by atoms with E-state index in [0.717, 1.165) is 43.5 Å². The van der Waals surface area contributed by atoms with Gasteiger partial charge < -0.3 is 10.2 Å². The zero-order valence-electron chi connectivity index (χ0n) is 26.4. The number of benzene rings is 4. The van der Waals surface area contributed by atoms with Crippen molar-refractivity contribution in [2.24, 2.45) is 11.8 Å². The molecule has 4 aliphatic carbocycles. The lowest BCUT2D eigenvalue weighted by atomic mass is 9.73. The summed E-state index contributed by atoms with van der Waals surface area (Å²) in [4.78, 5) is 0. The molecule has 2 nitrogen and oxygen atoms in total. The van der Waals surface area contributed by atoms with Crippen molar-refractivity contribution in [2.75, 3.05) is 0 Å². The van der Waals surface area contributed by atoms with Crippen LogP contribution in [-0.4, -0.2) is 20.9 Å². The molecule has 0 radical (unpaired) electrons. The molecule has 0 aliphatic heterocycles. The third-order valence-corrected chi connectivity index (χ3v) is 15.4. The summed E-state index contributed by atoms with van der Waals surface area (Å²) < 4.78 is 0. The van der Waals surface area contributed by atoms with E-state index in [4.69, 9.17) is 0 Å². The number of rotatable bonds is 7. The number of hydrogen-bond acceptors (Lipinski definition) is 2. The molecule has 0 bridgehead atoms. The van der Waals surface area contributed by atoms with Gasteiger partial charge in [0.2, 0.25) is 0 Å². The fourth-order valence-corrected chi connectivity index (χ4v) is 13.5. The minimum absolute atomic E-state index is 0.314. The topological polar surface area (TPSA) is 40.5 Å². The fourth-order valence-electron chi connectivity index (χ4n) is 7.59. The van der Waals surface area contributed by atoms with Gasteiger partial charge in [0.25, 0.3) is 0 Å². The quantitative estimate of drug-likeness (QED) is 0.199. The Kier molecular flexibility index (Phi) is 8.29. The third-order valence-electron chi connectivity index (χ3n) is 9.70. The predicted octanol–water partition coefficient (Wildman–Crippen LogP) is 7.85. The molecule has 234 valence electrons. The van der Waals surface area contributed by atoms with E-state index in [1.165, 1.54) is 0 Å². The van der Waals surface area contributed by atoms with Crippen LogP contribution in [0.1, 0.15) is 0 Å². The number of hydrogen-bond donors (Lipinski definition) is 2. The zero-order chi connectivity index (χ0) is 32.6. The maximum atomic E-state index is 13.9. The Hall–Kier alpha value is -4.42. The molecule has 8 rings (SSSR count). The Labute approximate surface area is 285 Å². The molecule has 0 heterocycles. The second kappa shape index (κ2) is 12.9. The predicted molar refractivity (Wildman–Crippen MR) is 204 cm³/mol. The third kappa shape index (κ3) is 5.13. The Morgan fingerprint density at radius 1 is 0.396 bits per heavy atom. The lowest BCUT2D eigenvalue weighted by molar-refractivity contribution is 0.112. The first-order chi connectivity index (χ1) is 23.6. The van der Waals surface area contributed by atoms with Gasteiger partial charge in [0.15, 0.2) is 0 Å². The minimum Gasteiger partial charge on any atom is -0.379 e. The van der Waals surface area contributed by atoms with Crippen LogP contribution in [-0.2, 0) is 0 Å². The van der Waals surface area contributed by atoms with Crippen molar-refractivity contribution in [1.82, 2.24) is 0 Å². The van der Waals surface area contributed by atoms with E-state index >= 15 is 0 Å². The number of allylic oxidation sites excluding steroid dienone is 10. The van der Waals surface area contributed by atoms with Crippen molar-refractivity contribution in [3.8, 4) is 0 Å². The summed E-state index contributed by atoms with van der Waals surface area (Å²) in [6, 6.07) is 41.7. The molecule has 48 heavy (non-hydrogen) atoms. The maximum Gasteiger partial charge on any atom is 0.127 e. The summed E-state index contributed by atoms with van der Waals surface area (Å²) in [6.45, 7) is 0. The van der Waals surface area contributed by atoms with E-state index in [2.05, 4.69) is 146 Å². The largest absolute Gasteiger partial charge is 0.379 e. The number of aliphatic hydroxyl groups is 2. The SMILES string of the molecule is OC1(P(c2ccccc2)c2ccccc2)C(C2=CC=C3C=CC=CC3C2(O)P(c2ccccc2)c2ccccc2)=CC=C2C=CC=CC21. The molecule has 0 saturated carbocycles. The Morgan fingerprint density at radius 3 is 1.02 bits per heavy atom. The van der Waals surface area contributed by atoms with Gasteiger partial charge in [-0.25, -0.2) is 0 Å². The lowest BCUT2D eigenvalue weighted by Gasteiger charge is -2.52. The van der Waals surface area contributed by atoms with Crippen molar-refractivity contribution in [2.45, 2.75) is 10.7 Å². The van der Waals surface area contributed by atoms with E-state index in [-0.39, 0.29) is 11.8 Å². The first-order valence-electron chi connectivity index (χ1n) is 16.4. The highest BCUT2D eigenvalue weighted by Crippen LogP contribution is 2.66. The van der Waals surface area contributed by atoms with Crippen molar-refractivity contribution < 1.29 is 10.2 Å². The highest BCUT2D eigenvalue weighted by Gasteiger charge is 2.57. The highest BCUT2D eigenvalue weighted by atomic mass is 31.1. The van der Waals surface area contributed by atoms with Crippen LogP contribution < -0.4 is 21.2 Å². The van der Waals surface area contributed by atoms with Crippen molar-refractivity contribution in [1.29, 1.82) is 0 Å². The summed E-state index contributed by atoms with van der Waals surface area (Å²) in [5.41, 5.74) is 3.67. The first-order valence-corrected chi connectivity index (χ1v) is 19.1. The molecule has 0 aromatic heterocycles. The van der Waals surface area contributed by atoms with E-state index in [1.807, 2.05) is 48.6 Å². The Balaban J connectivity index is 1.42. The van der Waals surface area contributed by atoms with Crippen LogP contribution in [0.4, 0.5) is 0 Å². The molecule has 4 heteroatoms. The highest BCUT2D eigenvalue weighted by molar-refractivity contribution is 7.75. The molecule has 2 N–H and O–H groups in total. The Morgan fingerprint density at radius 2 is 0.708 bits per heavy atom.